The molecule has 0 amide bonds. The molecule has 2 N–H and O–H groups in total. The molecule has 0 fully saturated rings. The van der Waals surface area contributed by atoms with Crippen molar-refractivity contribution in [3.8, 4) is 0 Å². The lowest BCUT2D eigenvalue weighted by atomic mass is 10.2. The molecule has 1 aromatic heterocycles. The molecule has 94 valence electrons. The van der Waals surface area contributed by atoms with Crippen molar-refractivity contribution >= 4 is 11.5 Å². The highest BCUT2D eigenvalue weighted by Gasteiger charge is 2.10. The number of aromatic nitrogens is 1. The Labute approximate surface area is 99.8 Å². The van der Waals surface area contributed by atoms with Gasteiger partial charge in [-0.25, -0.2) is 4.98 Å². The van der Waals surface area contributed by atoms with E-state index in [1.54, 1.807) is 13.0 Å². The molecular weight excluding hydrogens is 222 g/mol. The third kappa shape index (κ3) is 4.36. The second-order valence-electron chi connectivity index (χ2n) is 3.82. The molecule has 0 atom stereocenters. The third-order valence-electron chi connectivity index (χ3n) is 2.42. The lowest BCUT2D eigenvalue weighted by Gasteiger charge is -2.05. The highest BCUT2D eigenvalue weighted by Crippen LogP contribution is 2.18. The van der Waals surface area contributed by atoms with E-state index in [1.807, 2.05) is 0 Å². The molecule has 1 rings (SSSR count). The minimum absolute atomic E-state index is 0.0378. The number of nitrogens with one attached hydrogen (secondary N) is 1. The molecular formula is C11H17N3O3. The average molecular weight is 239 g/mol. The van der Waals surface area contributed by atoms with E-state index in [2.05, 4.69) is 10.3 Å². The predicted octanol–water partition coefficient (Wildman–Crippen LogP) is 1.87. The van der Waals surface area contributed by atoms with E-state index >= 15 is 0 Å². The van der Waals surface area contributed by atoms with Gasteiger partial charge in [-0.3, -0.25) is 10.1 Å². The van der Waals surface area contributed by atoms with Gasteiger partial charge >= 0.3 is 0 Å². The van der Waals surface area contributed by atoms with Crippen LogP contribution in [0.3, 0.4) is 0 Å². The number of anilines is 1. The lowest BCUT2D eigenvalue weighted by Crippen LogP contribution is -2.04. The fourth-order valence-electron chi connectivity index (χ4n) is 1.47. The van der Waals surface area contributed by atoms with Crippen molar-refractivity contribution in [3.05, 3.63) is 27.9 Å². The van der Waals surface area contributed by atoms with Crippen LogP contribution in [-0.4, -0.2) is 28.2 Å². The molecule has 0 aromatic carbocycles. The lowest BCUT2D eigenvalue weighted by molar-refractivity contribution is -0.385. The van der Waals surface area contributed by atoms with E-state index in [-0.39, 0.29) is 12.3 Å². The molecule has 0 spiro atoms. The average Bonchev–Trinajstić information content (AvgIpc) is 2.28. The van der Waals surface area contributed by atoms with E-state index in [0.29, 0.717) is 11.4 Å². The summed E-state index contributed by atoms with van der Waals surface area (Å²) in [7, 11) is 0. The number of rotatable bonds is 7. The van der Waals surface area contributed by atoms with Gasteiger partial charge in [-0.15, -0.1) is 0 Å². The van der Waals surface area contributed by atoms with Crippen LogP contribution >= 0.6 is 0 Å². The first-order valence-electron chi connectivity index (χ1n) is 5.61. The standard InChI is InChI=1S/C11H17N3O3/c1-9-7-11(12-5-3-2-4-6-15)13-8-10(9)14(16)17/h7-8,15H,2-6H2,1H3,(H,12,13). The number of pyridine rings is 1. The zero-order valence-electron chi connectivity index (χ0n) is 9.85. The fraction of sp³-hybridized carbons (Fsp3) is 0.545. The third-order valence-corrected chi connectivity index (χ3v) is 2.42. The Kier molecular flexibility index (Phi) is 5.35. The number of hydrogen-bond donors (Lipinski definition) is 2. The number of unbranched alkanes of at least 4 members (excludes halogenated alkanes) is 2. The molecule has 0 unspecified atom stereocenters. The van der Waals surface area contributed by atoms with E-state index < -0.39 is 4.92 Å². The van der Waals surface area contributed by atoms with Crippen LogP contribution in [0.25, 0.3) is 0 Å². The van der Waals surface area contributed by atoms with Gasteiger partial charge < -0.3 is 10.4 Å². The highest BCUT2D eigenvalue weighted by molar-refractivity contribution is 5.46. The summed E-state index contributed by atoms with van der Waals surface area (Å²) in [6.45, 7) is 2.66. The molecule has 0 aliphatic carbocycles. The normalized spacial score (nSPS) is 10.2. The first-order valence-corrected chi connectivity index (χ1v) is 5.61. The zero-order chi connectivity index (χ0) is 12.7. The van der Waals surface area contributed by atoms with Gasteiger partial charge in [-0.05, 0) is 32.3 Å². The summed E-state index contributed by atoms with van der Waals surface area (Å²) in [6, 6.07) is 1.67. The first-order chi connectivity index (χ1) is 8.15. The van der Waals surface area contributed by atoms with Gasteiger partial charge in [-0.2, -0.15) is 0 Å². The Morgan fingerprint density at radius 3 is 2.82 bits per heavy atom. The topological polar surface area (TPSA) is 88.3 Å². The van der Waals surface area contributed by atoms with Crippen LogP contribution in [0.15, 0.2) is 12.3 Å². The van der Waals surface area contributed by atoms with E-state index in [9.17, 15) is 10.1 Å². The molecule has 0 bridgehead atoms. The van der Waals surface area contributed by atoms with Crippen molar-refractivity contribution in [1.82, 2.24) is 4.98 Å². The summed E-state index contributed by atoms with van der Waals surface area (Å²) < 4.78 is 0. The van der Waals surface area contributed by atoms with Crippen molar-refractivity contribution in [3.63, 3.8) is 0 Å². The highest BCUT2D eigenvalue weighted by atomic mass is 16.6. The Hall–Kier alpha value is -1.69. The Balaban J connectivity index is 2.45. The van der Waals surface area contributed by atoms with Crippen LogP contribution in [0, 0.1) is 17.0 Å². The van der Waals surface area contributed by atoms with Crippen LogP contribution in [0.5, 0.6) is 0 Å². The molecule has 0 saturated heterocycles. The molecule has 17 heavy (non-hydrogen) atoms. The minimum atomic E-state index is -0.437. The molecule has 1 aromatic rings. The monoisotopic (exact) mass is 239 g/mol. The Morgan fingerprint density at radius 1 is 1.47 bits per heavy atom. The van der Waals surface area contributed by atoms with E-state index in [0.717, 1.165) is 25.8 Å². The largest absolute Gasteiger partial charge is 0.396 e. The quantitative estimate of drug-likeness (QED) is 0.431. The summed E-state index contributed by atoms with van der Waals surface area (Å²) in [5.74, 6) is 0.650. The van der Waals surface area contributed by atoms with Crippen LogP contribution in [0.1, 0.15) is 24.8 Å². The summed E-state index contributed by atoms with van der Waals surface area (Å²) in [4.78, 5) is 14.1. The van der Waals surface area contributed by atoms with Crippen LogP contribution in [-0.2, 0) is 0 Å². The molecule has 0 aliphatic rings. The number of nitro groups is 1. The van der Waals surface area contributed by atoms with Gasteiger partial charge in [0.2, 0.25) is 0 Å². The van der Waals surface area contributed by atoms with Gasteiger partial charge in [-0.1, -0.05) is 0 Å². The Bertz CT molecular complexity index is 382. The molecule has 0 saturated carbocycles. The summed E-state index contributed by atoms with van der Waals surface area (Å²) in [5, 5.41) is 22.3. The van der Waals surface area contributed by atoms with Crippen LogP contribution in [0.2, 0.25) is 0 Å². The molecule has 6 heteroatoms. The number of aliphatic hydroxyl groups excluding tert-OH is 1. The maximum atomic E-state index is 10.6. The SMILES string of the molecule is Cc1cc(NCCCCCO)ncc1[N+](=O)[O-]. The molecule has 6 nitrogen and oxygen atoms in total. The van der Waals surface area contributed by atoms with E-state index in [4.69, 9.17) is 5.11 Å². The fourth-order valence-corrected chi connectivity index (χ4v) is 1.47. The van der Waals surface area contributed by atoms with Crippen molar-refractivity contribution < 1.29 is 10.0 Å². The van der Waals surface area contributed by atoms with Crippen molar-refractivity contribution in [1.29, 1.82) is 0 Å². The number of aryl methyl sites for hydroxylation is 1. The van der Waals surface area contributed by atoms with Crippen molar-refractivity contribution in [2.45, 2.75) is 26.2 Å². The van der Waals surface area contributed by atoms with Gasteiger partial charge in [0.25, 0.3) is 5.69 Å². The van der Waals surface area contributed by atoms with Crippen molar-refractivity contribution in [2.75, 3.05) is 18.5 Å². The number of aliphatic hydroxyl groups is 1. The second kappa shape index (κ2) is 6.80. The van der Waals surface area contributed by atoms with Crippen LogP contribution in [0.4, 0.5) is 11.5 Å². The maximum absolute atomic E-state index is 10.6. The minimum Gasteiger partial charge on any atom is -0.396 e. The molecule has 0 radical (unpaired) electrons. The van der Waals surface area contributed by atoms with Gasteiger partial charge in [0, 0.05) is 18.7 Å². The maximum Gasteiger partial charge on any atom is 0.290 e. The summed E-state index contributed by atoms with van der Waals surface area (Å²) >= 11 is 0. The molecule has 0 aliphatic heterocycles. The summed E-state index contributed by atoms with van der Waals surface area (Å²) in [5.41, 5.74) is 0.638. The van der Waals surface area contributed by atoms with Gasteiger partial charge in [0.15, 0.2) is 0 Å². The molecule has 1 heterocycles. The van der Waals surface area contributed by atoms with Gasteiger partial charge in [0.05, 0.1) is 4.92 Å². The number of nitrogens with zero attached hydrogens (tertiary/aromatic N) is 2. The van der Waals surface area contributed by atoms with Gasteiger partial charge in [0.1, 0.15) is 12.0 Å². The number of hydrogen-bond acceptors (Lipinski definition) is 5. The predicted molar refractivity (Wildman–Crippen MR) is 65.1 cm³/mol. The Morgan fingerprint density at radius 2 is 2.24 bits per heavy atom. The first kappa shape index (κ1) is 13.4. The summed E-state index contributed by atoms with van der Waals surface area (Å²) in [6.07, 6.45) is 3.97. The zero-order valence-corrected chi connectivity index (χ0v) is 9.85. The van der Waals surface area contributed by atoms with E-state index in [1.165, 1.54) is 6.20 Å². The van der Waals surface area contributed by atoms with Crippen molar-refractivity contribution in [2.24, 2.45) is 0 Å². The van der Waals surface area contributed by atoms with Crippen LogP contribution < -0.4 is 5.32 Å². The smallest absolute Gasteiger partial charge is 0.290 e. The second-order valence-corrected chi connectivity index (χ2v) is 3.82.